The quantitative estimate of drug-likeness (QED) is 0.480. The van der Waals surface area contributed by atoms with Crippen molar-refractivity contribution in [2.75, 3.05) is 0 Å². The largest absolute Gasteiger partial charge is 0.457 e. The fourth-order valence-corrected chi connectivity index (χ4v) is 3.87. The Bertz CT molecular complexity index is 1240. The molecule has 3 heterocycles. The smallest absolute Gasteiger partial charge is 0.251 e. The van der Waals surface area contributed by atoms with Crippen molar-refractivity contribution < 1.29 is 9.21 Å². The predicted octanol–water partition coefficient (Wildman–Crippen LogP) is 4.07. The molecule has 1 N–H and O–H groups in total. The molecule has 5 aromatic rings. The Balaban J connectivity index is 1.25. The van der Waals surface area contributed by atoms with Crippen molar-refractivity contribution in [1.82, 2.24) is 25.1 Å². The standard InChI is InChI=1S/C21H15N5O2S/c27-20(14-5-7-15(8-6-14)26-13-22-12-24-26)23-11-16-9-10-18(28-16)21-25-17-3-1-2-4-19(17)29-21/h1-10,12-13H,11H2,(H,23,27). The van der Waals surface area contributed by atoms with Gasteiger partial charge in [-0.25, -0.2) is 14.6 Å². The van der Waals surface area contributed by atoms with E-state index in [-0.39, 0.29) is 5.91 Å². The summed E-state index contributed by atoms with van der Waals surface area (Å²) in [6, 6.07) is 18.9. The van der Waals surface area contributed by atoms with Gasteiger partial charge >= 0.3 is 0 Å². The summed E-state index contributed by atoms with van der Waals surface area (Å²) in [7, 11) is 0. The number of para-hydroxylation sites is 1. The molecule has 0 saturated carbocycles. The average Bonchev–Trinajstić information content (AvgIpc) is 3.52. The van der Waals surface area contributed by atoms with E-state index in [1.807, 2.05) is 48.5 Å². The third kappa shape index (κ3) is 3.53. The van der Waals surface area contributed by atoms with Crippen LogP contribution in [0.4, 0.5) is 0 Å². The zero-order valence-electron chi connectivity index (χ0n) is 15.1. The van der Waals surface area contributed by atoms with Gasteiger partial charge in [0.1, 0.15) is 18.4 Å². The molecule has 8 heteroatoms. The van der Waals surface area contributed by atoms with Gasteiger partial charge in [0, 0.05) is 5.56 Å². The number of furan rings is 1. The first-order valence-electron chi connectivity index (χ1n) is 8.94. The number of aromatic nitrogens is 4. The number of amides is 1. The summed E-state index contributed by atoms with van der Waals surface area (Å²) in [5, 5.41) is 7.77. The van der Waals surface area contributed by atoms with Gasteiger partial charge in [0.05, 0.1) is 22.4 Å². The predicted molar refractivity (Wildman–Crippen MR) is 110 cm³/mol. The number of nitrogens with zero attached hydrogens (tertiary/aromatic N) is 4. The molecule has 1 amide bonds. The summed E-state index contributed by atoms with van der Waals surface area (Å²) in [5.74, 6) is 1.20. The molecule has 0 saturated heterocycles. The molecule has 2 aromatic carbocycles. The second-order valence-corrected chi connectivity index (χ2v) is 7.35. The first-order valence-corrected chi connectivity index (χ1v) is 9.76. The van der Waals surface area contributed by atoms with E-state index in [2.05, 4.69) is 20.4 Å². The maximum absolute atomic E-state index is 12.4. The van der Waals surface area contributed by atoms with E-state index in [4.69, 9.17) is 4.42 Å². The molecule has 0 fully saturated rings. The van der Waals surface area contributed by atoms with E-state index in [1.54, 1.807) is 34.5 Å². The minimum absolute atomic E-state index is 0.173. The summed E-state index contributed by atoms with van der Waals surface area (Å²) in [6.07, 6.45) is 3.07. The Hall–Kier alpha value is -3.78. The van der Waals surface area contributed by atoms with Gasteiger partial charge in [-0.2, -0.15) is 5.10 Å². The van der Waals surface area contributed by atoms with Crippen molar-refractivity contribution in [2.45, 2.75) is 6.54 Å². The molecule has 0 aliphatic heterocycles. The highest BCUT2D eigenvalue weighted by Gasteiger charge is 2.12. The Morgan fingerprint density at radius 2 is 1.93 bits per heavy atom. The van der Waals surface area contributed by atoms with Gasteiger partial charge in [-0.05, 0) is 48.5 Å². The van der Waals surface area contributed by atoms with E-state index in [1.165, 1.54) is 6.33 Å². The number of fused-ring (bicyclic) bond motifs is 1. The van der Waals surface area contributed by atoms with Crippen LogP contribution in [0.15, 0.2) is 77.7 Å². The SMILES string of the molecule is O=C(NCc1ccc(-c2nc3ccccc3s2)o1)c1ccc(-n2cncn2)cc1. The van der Waals surface area contributed by atoms with Crippen LogP contribution < -0.4 is 5.32 Å². The number of carbonyl (C=O) groups excluding carboxylic acids is 1. The number of nitrogens with one attached hydrogen (secondary N) is 1. The van der Waals surface area contributed by atoms with Crippen LogP contribution >= 0.6 is 11.3 Å². The molecule has 0 unspecified atom stereocenters. The number of benzene rings is 2. The second kappa shape index (κ2) is 7.33. The fraction of sp³-hybridized carbons (Fsp3) is 0.0476. The lowest BCUT2D eigenvalue weighted by molar-refractivity contribution is 0.0948. The molecule has 0 atom stereocenters. The number of carbonyl (C=O) groups is 1. The normalized spacial score (nSPS) is 11.0. The van der Waals surface area contributed by atoms with Crippen molar-refractivity contribution in [3.8, 4) is 16.5 Å². The summed E-state index contributed by atoms with van der Waals surface area (Å²) in [5.41, 5.74) is 2.35. The minimum Gasteiger partial charge on any atom is -0.457 e. The van der Waals surface area contributed by atoms with E-state index in [0.717, 1.165) is 20.9 Å². The average molecular weight is 401 g/mol. The third-order valence-electron chi connectivity index (χ3n) is 4.40. The molecule has 0 radical (unpaired) electrons. The zero-order valence-corrected chi connectivity index (χ0v) is 16.0. The topological polar surface area (TPSA) is 85.8 Å². The Morgan fingerprint density at radius 1 is 1.07 bits per heavy atom. The van der Waals surface area contributed by atoms with Crippen molar-refractivity contribution >= 4 is 27.5 Å². The van der Waals surface area contributed by atoms with Crippen LogP contribution in [0.5, 0.6) is 0 Å². The maximum atomic E-state index is 12.4. The molecule has 0 aliphatic carbocycles. The van der Waals surface area contributed by atoms with Crippen molar-refractivity contribution in [1.29, 1.82) is 0 Å². The Morgan fingerprint density at radius 3 is 2.72 bits per heavy atom. The van der Waals surface area contributed by atoms with Gasteiger partial charge in [-0.3, -0.25) is 4.79 Å². The van der Waals surface area contributed by atoms with Crippen molar-refractivity contribution in [3.05, 3.63) is 84.6 Å². The van der Waals surface area contributed by atoms with Crippen LogP contribution in [-0.4, -0.2) is 25.7 Å². The van der Waals surface area contributed by atoms with Crippen molar-refractivity contribution in [3.63, 3.8) is 0 Å². The van der Waals surface area contributed by atoms with Crippen LogP contribution in [0, 0.1) is 0 Å². The lowest BCUT2D eigenvalue weighted by Gasteiger charge is -2.05. The monoisotopic (exact) mass is 401 g/mol. The maximum Gasteiger partial charge on any atom is 0.251 e. The number of thiazole rings is 1. The number of rotatable bonds is 5. The van der Waals surface area contributed by atoms with Gasteiger partial charge in [0.15, 0.2) is 10.8 Å². The molecule has 3 aromatic heterocycles. The highest BCUT2D eigenvalue weighted by molar-refractivity contribution is 7.21. The Labute approximate surface area is 169 Å². The number of hydrogen-bond acceptors (Lipinski definition) is 6. The van der Waals surface area contributed by atoms with E-state index in [9.17, 15) is 4.79 Å². The molecular formula is C21H15N5O2S. The second-order valence-electron chi connectivity index (χ2n) is 6.32. The third-order valence-corrected chi connectivity index (χ3v) is 5.45. The van der Waals surface area contributed by atoms with Gasteiger partial charge < -0.3 is 9.73 Å². The van der Waals surface area contributed by atoms with Gasteiger partial charge in [0.2, 0.25) is 0 Å². The lowest BCUT2D eigenvalue weighted by Crippen LogP contribution is -2.22. The summed E-state index contributed by atoms with van der Waals surface area (Å²) < 4.78 is 8.62. The molecule has 7 nitrogen and oxygen atoms in total. The lowest BCUT2D eigenvalue weighted by atomic mass is 10.2. The zero-order chi connectivity index (χ0) is 19.6. The number of hydrogen-bond donors (Lipinski definition) is 1. The molecule has 5 rings (SSSR count). The minimum atomic E-state index is -0.173. The molecule has 142 valence electrons. The summed E-state index contributed by atoms with van der Waals surface area (Å²) in [6.45, 7) is 0.300. The van der Waals surface area contributed by atoms with Gasteiger partial charge in [-0.1, -0.05) is 12.1 Å². The van der Waals surface area contributed by atoms with Crippen molar-refractivity contribution in [2.24, 2.45) is 0 Å². The van der Waals surface area contributed by atoms with Crippen LogP contribution in [0.1, 0.15) is 16.1 Å². The first-order chi connectivity index (χ1) is 14.3. The highest BCUT2D eigenvalue weighted by Crippen LogP contribution is 2.31. The molecule has 29 heavy (non-hydrogen) atoms. The van der Waals surface area contributed by atoms with Crippen LogP contribution in [0.25, 0.3) is 26.7 Å². The van der Waals surface area contributed by atoms with E-state index < -0.39 is 0 Å². The van der Waals surface area contributed by atoms with Crippen LogP contribution in [-0.2, 0) is 6.54 Å². The van der Waals surface area contributed by atoms with Crippen LogP contribution in [0.2, 0.25) is 0 Å². The highest BCUT2D eigenvalue weighted by atomic mass is 32.1. The first kappa shape index (κ1) is 17.3. The van der Waals surface area contributed by atoms with E-state index in [0.29, 0.717) is 23.6 Å². The summed E-state index contributed by atoms with van der Waals surface area (Å²) >= 11 is 1.58. The van der Waals surface area contributed by atoms with Gasteiger partial charge in [-0.15, -0.1) is 11.3 Å². The van der Waals surface area contributed by atoms with Crippen LogP contribution in [0.3, 0.4) is 0 Å². The van der Waals surface area contributed by atoms with Gasteiger partial charge in [0.25, 0.3) is 5.91 Å². The molecular weight excluding hydrogens is 386 g/mol. The van der Waals surface area contributed by atoms with E-state index >= 15 is 0 Å². The fourth-order valence-electron chi connectivity index (χ4n) is 2.94. The molecule has 0 aliphatic rings. The Kier molecular flexibility index (Phi) is 4.38. The summed E-state index contributed by atoms with van der Waals surface area (Å²) in [4.78, 5) is 20.9. The molecule has 0 bridgehead atoms. The molecule has 0 spiro atoms.